The van der Waals surface area contributed by atoms with Crippen LogP contribution >= 0.6 is 0 Å². The Morgan fingerprint density at radius 2 is 1.77 bits per heavy atom. The number of fused-ring (bicyclic) bond motifs is 5. The Kier molecular flexibility index (Phi) is 4.82. The number of aliphatic hydroxyl groups is 1. The first-order valence-electron chi connectivity index (χ1n) is 12.2. The van der Waals surface area contributed by atoms with E-state index in [0.717, 1.165) is 44.4 Å². The third kappa shape index (κ3) is 2.75. The van der Waals surface area contributed by atoms with Crippen LogP contribution in [0.2, 0.25) is 0 Å². The minimum Gasteiger partial charge on any atom is -0.393 e. The number of allylic oxidation sites excluding steroid dienone is 1. The van der Waals surface area contributed by atoms with Crippen molar-refractivity contribution in [1.29, 1.82) is 0 Å². The van der Waals surface area contributed by atoms with E-state index in [1.807, 2.05) is 6.92 Å². The van der Waals surface area contributed by atoms with Gasteiger partial charge in [-0.3, -0.25) is 4.79 Å². The van der Waals surface area contributed by atoms with E-state index >= 15 is 0 Å². The van der Waals surface area contributed by atoms with E-state index in [9.17, 15) is 9.90 Å². The number of ketones is 1. The van der Waals surface area contributed by atoms with Crippen LogP contribution < -0.4 is 0 Å². The summed E-state index contributed by atoms with van der Waals surface area (Å²) in [6.45, 7) is 6.82. The molecule has 4 aliphatic rings. The van der Waals surface area contributed by atoms with Crippen molar-refractivity contribution in [2.75, 3.05) is 0 Å². The smallest absolute Gasteiger partial charge is 0.136 e. The van der Waals surface area contributed by atoms with Gasteiger partial charge in [-0.2, -0.15) is 0 Å². The molecule has 3 fully saturated rings. The lowest BCUT2D eigenvalue weighted by molar-refractivity contribution is -0.140. The Morgan fingerprint density at radius 3 is 2.50 bits per heavy atom. The maximum Gasteiger partial charge on any atom is 0.136 e. The summed E-state index contributed by atoms with van der Waals surface area (Å²) in [4.78, 5) is 13.3. The van der Waals surface area contributed by atoms with Crippen molar-refractivity contribution in [3.63, 3.8) is 0 Å². The molecule has 2 heteroatoms. The van der Waals surface area contributed by atoms with Gasteiger partial charge in [-0.25, -0.2) is 0 Å². The van der Waals surface area contributed by atoms with Gasteiger partial charge in [-0.1, -0.05) is 55.8 Å². The van der Waals surface area contributed by atoms with E-state index in [1.54, 1.807) is 0 Å². The van der Waals surface area contributed by atoms with Crippen LogP contribution in [0.15, 0.2) is 42.0 Å². The van der Waals surface area contributed by atoms with Gasteiger partial charge in [0.1, 0.15) is 5.78 Å². The average molecular weight is 407 g/mol. The quantitative estimate of drug-likeness (QED) is 0.613. The lowest BCUT2D eigenvalue weighted by atomic mass is 9.45. The van der Waals surface area contributed by atoms with Gasteiger partial charge < -0.3 is 5.11 Å². The van der Waals surface area contributed by atoms with E-state index in [2.05, 4.69) is 50.3 Å². The molecule has 4 aliphatic carbocycles. The van der Waals surface area contributed by atoms with E-state index in [4.69, 9.17) is 0 Å². The van der Waals surface area contributed by atoms with Crippen molar-refractivity contribution in [2.24, 2.45) is 34.0 Å². The maximum atomic E-state index is 13.3. The zero-order chi connectivity index (χ0) is 21.1. The predicted molar refractivity (Wildman–Crippen MR) is 121 cm³/mol. The van der Waals surface area contributed by atoms with Crippen molar-refractivity contribution in [3.05, 3.63) is 47.5 Å². The van der Waals surface area contributed by atoms with Crippen LogP contribution in [0, 0.1) is 34.0 Å². The number of benzene rings is 1. The van der Waals surface area contributed by atoms with Gasteiger partial charge in [-0.15, -0.1) is 0 Å². The highest BCUT2D eigenvalue weighted by Crippen LogP contribution is 2.70. The number of hydrogen-bond acceptors (Lipinski definition) is 2. The van der Waals surface area contributed by atoms with Crippen molar-refractivity contribution in [2.45, 2.75) is 84.7 Å². The molecular weight excluding hydrogens is 368 g/mol. The summed E-state index contributed by atoms with van der Waals surface area (Å²) in [5.41, 5.74) is 3.01. The molecule has 5 rings (SSSR count). The first-order chi connectivity index (χ1) is 14.3. The second-order valence-electron chi connectivity index (χ2n) is 11.5. The summed E-state index contributed by atoms with van der Waals surface area (Å²) in [6.07, 6.45) is 12.0. The minimum absolute atomic E-state index is 0.103. The molecule has 7 unspecified atom stereocenters. The fraction of sp³-hybridized carbons (Fsp3) is 0.679. The normalized spacial score (nSPS) is 45.1. The molecular formula is C28H38O2. The van der Waals surface area contributed by atoms with Gasteiger partial charge in [0, 0.05) is 5.41 Å². The molecule has 30 heavy (non-hydrogen) atoms. The van der Waals surface area contributed by atoms with Gasteiger partial charge in [0.2, 0.25) is 0 Å². The molecule has 0 heterocycles. The summed E-state index contributed by atoms with van der Waals surface area (Å²) in [5.74, 6) is 2.48. The van der Waals surface area contributed by atoms with Crippen LogP contribution in [0.3, 0.4) is 0 Å². The van der Waals surface area contributed by atoms with Crippen molar-refractivity contribution in [1.82, 2.24) is 0 Å². The largest absolute Gasteiger partial charge is 0.393 e. The van der Waals surface area contributed by atoms with Crippen LogP contribution in [0.4, 0.5) is 0 Å². The third-order valence-electron chi connectivity index (χ3n) is 10.5. The van der Waals surface area contributed by atoms with E-state index in [1.165, 1.54) is 30.4 Å². The van der Waals surface area contributed by atoms with Crippen molar-refractivity contribution in [3.8, 4) is 0 Å². The van der Waals surface area contributed by atoms with Gasteiger partial charge in [-0.05, 0) is 98.9 Å². The number of Topliss-reactive ketones (excluding diaryl/α,β-unsaturated/α-hetero) is 1. The number of carbonyl (C=O) groups is 1. The molecule has 1 aromatic carbocycles. The summed E-state index contributed by atoms with van der Waals surface area (Å²) in [7, 11) is 0. The van der Waals surface area contributed by atoms with Gasteiger partial charge in [0.05, 0.1) is 6.10 Å². The summed E-state index contributed by atoms with van der Waals surface area (Å²) in [5, 5.41) is 10.2. The molecule has 0 amide bonds. The molecule has 0 radical (unpaired) electrons. The summed E-state index contributed by atoms with van der Waals surface area (Å²) in [6, 6.07) is 10.7. The number of carbonyl (C=O) groups excluding carboxylic acids is 1. The zero-order valence-corrected chi connectivity index (χ0v) is 19.0. The van der Waals surface area contributed by atoms with Gasteiger partial charge in [0.25, 0.3) is 0 Å². The summed E-state index contributed by atoms with van der Waals surface area (Å²) >= 11 is 0. The Bertz CT molecular complexity index is 857. The molecule has 0 spiro atoms. The van der Waals surface area contributed by atoms with Crippen LogP contribution in [0.1, 0.15) is 77.7 Å². The highest BCUT2D eigenvalue weighted by atomic mass is 16.3. The van der Waals surface area contributed by atoms with Crippen LogP contribution in [-0.4, -0.2) is 17.0 Å². The molecule has 1 aromatic rings. The molecule has 2 nitrogen and oxygen atoms in total. The highest BCUT2D eigenvalue weighted by Gasteiger charge is 2.65. The number of hydrogen-bond donors (Lipinski definition) is 1. The SMILES string of the molecule is CC(=O)C1(Cc2ccccc2)CCC2C3CC=C4CC(O)CCC4(C)C3CCC21C. The van der Waals surface area contributed by atoms with Gasteiger partial charge >= 0.3 is 0 Å². The standard InChI is InChI=1S/C28H38O2/c1-19(29)28(18-20-7-5-4-6-8-20)16-13-25-23-10-9-21-17-22(30)11-14-26(21,2)24(23)12-15-27(25,28)3/h4-9,22-25,30H,10-18H2,1-3H3. The molecule has 0 bridgehead atoms. The molecule has 1 N–H and O–H groups in total. The second-order valence-corrected chi connectivity index (χ2v) is 11.5. The van der Waals surface area contributed by atoms with Crippen LogP contribution in [-0.2, 0) is 11.2 Å². The topological polar surface area (TPSA) is 37.3 Å². The first-order valence-corrected chi connectivity index (χ1v) is 12.2. The lowest BCUT2D eigenvalue weighted by Crippen LogP contribution is -2.54. The minimum atomic E-state index is -0.211. The fourth-order valence-electron chi connectivity index (χ4n) is 8.71. The zero-order valence-electron chi connectivity index (χ0n) is 19.0. The molecule has 162 valence electrons. The number of rotatable bonds is 3. The van der Waals surface area contributed by atoms with E-state index < -0.39 is 0 Å². The Hall–Kier alpha value is -1.41. The molecule has 0 saturated heterocycles. The lowest BCUT2D eigenvalue weighted by Gasteiger charge is -2.59. The van der Waals surface area contributed by atoms with Gasteiger partial charge in [0.15, 0.2) is 0 Å². The average Bonchev–Trinajstić information content (AvgIpc) is 3.03. The first kappa shape index (κ1) is 20.5. The molecule has 7 atom stereocenters. The second kappa shape index (κ2) is 7.05. The Morgan fingerprint density at radius 1 is 1.03 bits per heavy atom. The van der Waals surface area contributed by atoms with Crippen molar-refractivity contribution >= 4 is 5.78 Å². The maximum absolute atomic E-state index is 13.3. The molecule has 3 saturated carbocycles. The Balaban J connectivity index is 1.50. The number of aliphatic hydroxyl groups excluding tert-OH is 1. The third-order valence-corrected chi connectivity index (χ3v) is 10.5. The summed E-state index contributed by atoms with van der Waals surface area (Å²) < 4.78 is 0. The fourth-order valence-corrected chi connectivity index (χ4v) is 8.71. The van der Waals surface area contributed by atoms with Crippen LogP contribution in [0.25, 0.3) is 0 Å². The molecule has 0 aliphatic heterocycles. The molecule has 0 aromatic heterocycles. The Labute approximate surface area is 182 Å². The monoisotopic (exact) mass is 406 g/mol. The van der Waals surface area contributed by atoms with E-state index in [-0.39, 0.29) is 22.3 Å². The van der Waals surface area contributed by atoms with E-state index in [0.29, 0.717) is 17.6 Å². The highest BCUT2D eigenvalue weighted by molar-refractivity contribution is 5.84. The van der Waals surface area contributed by atoms with Crippen molar-refractivity contribution < 1.29 is 9.90 Å². The predicted octanol–water partition coefficient (Wildman–Crippen LogP) is 6.13. The van der Waals surface area contributed by atoms with Crippen LogP contribution in [0.5, 0.6) is 0 Å².